The first-order chi connectivity index (χ1) is 11.1. The SMILES string of the molecule is CCOC1CCN(Cc2c(OC)cc(C)c3c2C[S+]([O-])N3)CC1. The zero-order valence-electron chi connectivity index (χ0n) is 14.2. The number of benzene rings is 1. The number of piperidine rings is 1. The van der Waals surface area contributed by atoms with E-state index in [4.69, 9.17) is 9.47 Å². The minimum Gasteiger partial charge on any atom is -0.593 e. The summed E-state index contributed by atoms with van der Waals surface area (Å²) >= 11 is -1.01. The smallest absolute Gasteiger partial charge is 0.158 e. The molecule has 1 unspecified atom stereocenters. The van der Waals surface area contributed by atoms with Gasteiger partial charge >= 0.3 is 0 Å². The molecule has 1 N–H and O–H groups in total. The first-order valence-electron chi connectivity index (χ1n) is 8.30. The van der Waals surface area contributed by atoms with Gasteiger partial charge in [-0.1, -0.05) is 0 Å². The van der Waals surface area contributed by atoms with Gasteiger partial charge in [0.2, 0.25) is 0 Å². The molecule has 1 aromatic rings. The van der Waals surface area contributed by atoms with E-state index in [2.05, 4.69) is 22.6 Å². The zero-order valence-corrected chi connectivity index (χ0v) is 15.0. The highest BCUT2D eigenvalue weighted by atomic mass is 32.2. The minimum atomic E-state index is -1.01. The summed E-state index contributed by atoms with van der Waals surface area (Å²) in [6.07, 6.45) is 2.55. The number of hydrogen-bond donors (Lipinski definition) is 1. The van der Waals surface area contributed by atoms with E-state index in [-0.39, 0.29) is 0 Å². The van der Waals surface area contributed by atoms with Crippen molar-refractivity contribution in [3.63, 3.8) is 0 Å². The second-order valence-electron chi connectivity index (χ2n) is 6.25. The second-order valence-corrected chi connectivity index (χ2v) is 7.43. The van der Waals surface area contributed by atoms with E-state index in [1.54, 1.807) is 7.11 Å². The van der Waals surface area contributed by atoms with E-state index in [0.29, 0.717) is 11.9 Å². The normalized spacial score (nSPS) is 22.0. The Kier molecular flexibility index (Phi) is 5.36. The van der Waals surface area contributed by atoms with Gasteiger partial charge in [-0.25, -0.2) is 4.72 Å². The monoisotopic (exact) mass is 338 g/mol. The number of rotatable bonds is 5. The standard InChI is InChI=1S/C17H26N2O3S/c1-4-22-13-5-7-19(8-6-13)10-14-15-11-23(20)18-17(15)12(2)9-16(14)21-3/h9,13,18H,4-8,10-11H2,1-3H3. The van der Waals surface area contributed by atoms with Crippen molar-refractivity contribution in [2.45, 2.75) is 45.1 Å². The summed E-state index contributed by atoms with van der Waals surface area (Å²) in [6, 6.07) is 2.05. The number of nitrogens with one attached hydrogen (secondary N) is 1. The summed E-state index contributed by atoms with van der Waals surface area (Å²) in [4.78, 5) is 2.45. The van der Waals surface area contributed by atoms with Gasteiger partial charge in [-0.15, -0.1) is 0 Å². The van der Waals surface area contributed by atoms with Gasteiger partial charge in [-0.3, -0.25) is 4.90 Å². The maximum atomic E-state index is 11.9. The van der Waals surface area contributed by atoms with Crippen LogP contribution in [-0.2, 0) is 28.4 Å². The summed E-state index contributed by atoms with van der Waals surface area (Å²) in [6.45, 7) is 7.80. The first-order valence-corrected chi connectivity index (χ1v) is 9.62. The third kappa shape index (κ3) is 3.60. The van der Waals surface area contributed by atoms with Crippen LogP contribution in [0.15, 0.2) is 6.07 Å². The first kappa shape index (κ1) is 16.9. The lowest BCUT2D eigenvalue weighted by Gasteiger charge is -2.32. The maximum absolute atomic E-state index is 11.9. The van der Waals surface area contributed by atoms with Gasteiger partial charge in [0.15, 0.2) is 5.75 Å². The molecule has 3 rings (SSSR count). The third-order valence-corrected chi connectivity index (χ3v) is 5.72. The molecule has 0 spiro atoms. The molecule has 0 radical (unpaired) electrons. The van der Waals surface area contributed by atoms with Crippen LogP contribution < -0.4 is 9.46 Å². The lowest BCUT2D eigenvalue weighted by molar-refractivity contribution is 0.0123. The van der Waals surface area contributed by atoms with E-state index in [0.717, 1.165) is 61.6 Å². The molecule has 2 aliphatic heterocycles. The molecule has 2 aliphatic rings. The van der Waals surface area contributed by atoms with Gasteiger partial charge in [-0.05, 0) is 38.3 Å². The van der Waals surface area contributed by atoms with Crippen molar-refractivity contribution in [2.75, 3.05) is 31.5 Å². The molecular formula is C17H26N2O3S. The van der Waals surface area contributed by atoms with Crippen molar-refractivity contribution in [1.29, 1.82) is 0 Å². The number of nitrogens with zero attached hydrogens (tertiary/aromatic N) is 1. The summed E-state index contributed by atoms with van der Waals surface area (Å²) in [7, 11) is 1.71. The zero-order chi connectivity index (χ0) is 16.4. The molecular weight excluding hydrogens is 312 g/mol. The molecule has 6 heteroatoms. The molecule has 1 aromatic carbocycles. The van der Waals surface area contributed by atoms with E-state index < -0.39 is 11.4 Å². The molecule has 1 atom stereocenters. The quantitative estimate of drug-likeness (QED) is 0.836. The largest absolute Gasteiger partial charge is 0.593 e. The highest BCUT2D eigenvalue weighted by Crippen LogP contribution is 2.39. The van der Waals surface area contributed by atoms with Crippen molar-refractivity contribution >= 4 is 17.0 Å². The molecule has 2 heterocycles. The average molecular weight is 338 g/mol. The Morgan fingerprint density at radius 3 is 2.78 bits per heavy atom. The van der Waals surface area contributed by atoms with Gasteiger partial charge in [0, 0.05) is 37.4 Å². The lowest BCUT2D eigenvalue weighted by atomic mass is 9.99. The van der Waals surface area contributed by atoms with Crippen LogP contribution in [0.5, 0.6) is 5.75 Å². The van der Waals surface area contributed by atoms with Crippen LogP contribution in [-0.4, -0.2) is 42.4 Å². The van der Waals surface area contributed by atoms with E-state index in [9.17, 15) is 4.55 Å². The summed E-state index contributed by atoms with van der Waals surface area (Å²) in [5.41, 5.74) is 4.47. The fraction of sp³-hybridized carbons (Fsp3) is 0.647. The molecule has 128 valence electrons. The van der Waals surface area contributed by atoms with Gasteiger partial charge in [0.05, 0.1) is 30.3 Å². The summed E-state index contributed by atoms with van der Waals surface area (Å²) < 4.78 is 26.4. The summed E-state index contributed by atoms with van der Waals surface area (Å²) in [5.74, 6) is 1.48. The molecule has 1 fully saturated rings. The number of ether oxygens (including phenoxy) is 2. The Hall–Kier alpha value is -0.950. The van der Waals surface area contributed by atoms with E-state index in [1.165, 1.54) is 5.56 Å². The van der Waals surface area contributed by atoms with Crippen LogP contribution in [0.1, 0.15) is 36.5 Å². The van der Waals surface area contributed by atoms with Crippen molar-refractivity contribution in [1.82, 2.24) is 4.90 Å². The average Bonchev–Trinajstić information content (AvgIpc) is 2.94. The predicted octanol–water partition coefficient (Wildman–Crippen LogP) is 2.59. The van der Waals surface area contributed by atoms with Crippen LogP contribution >= 0.6 is 0 Å². The molecule has 1 saturated heterocycles. The number of methoxy groups -OCH3 is 1. The second kappa shape index (κ2) is 7.30. The molecule has 0 aliphatic carbocycles. The number of hydrogen-bond acceptors (Lipinski definition) is 5. The van der Waals surface area contributed by atoms with Crippen LogP contribution in [0.25, 0.3) is 0 Å². The number of fused-ring (bicyclic) bond motifs is 1. The Morgan fingerprint density at radius 1 is 1.39 bits per heavy atom. The Labute approximate surface area is 141 Å². The van der Waals surface area contributed by atoms with Gasteiger partial charge in [-0.2, -0.15) is 0 Å². The molecule has 0 amide bonds. The van der Waals surface area contributed by atoms with Crippen LogP contribution in [0.4, 0.5) is 5.69 Å². The summed E-state index contributed by atoms with van der Waals surface area (Å²) in [5, 5.41) is 0. The molecule has 0 saturated carbocycles. The van der Waals surface area contributed by atoms with Crippen molar-refractivity contribution < 1.29 is 14.0 Å². The minimum absolute atomic E-state index is 0.399. The Morgan fingerprint density at radius 2 is 2.13 bits per heavy atom. The molecule has 0 bridgehead atoms. The van der Waals surface area contributed by atoms with Crippen LogP contribution in [0.3, 0.4) is 0 Å². The fourth-order valence-electron chi connectivity index (χ4n) is 3.52. The highest BCUT2D eigenvalue weighted by Gasteiger charge is 2.30. The number of likely N-dealkylation sites (tertiary alicyclic amines) is 1. The lowest BCUT2D eigenvalue weighted by Crippen LogP contribution is -2.36. The topological polar surface area (TPSA) is 56.8 Å². The van der Waals surface area contributed by atoms with Gasteiger partial charge < -0.3 is 14.0 Å². The fourth-order valence-corrected chi connectivity index (χ4v) is 4.69. The van der Waals surface area contributed by atoms with E-state index >= 15 is 0 Å². The number of aryl methyl sites for hydroxylation is 1. The molecule has 5 nitrogen and oxygen atoms in total. The van der Waals surface area contributed by atoms with Crippen LogP contribution in [0.2, 0.25) is 0 Å². The van der Waals surface area contributed by atoms with Crippen molar-refractivity contribution in [3.8, 4) is 5.75 Å². The van der Waals surface area contributed by atoms with Crippen molar-refractivity contribution in [2.24, 2.45) is 0 Å². The van der Waals surface area contributed by atoms with Crippen molar-refractivity contribution in [3.05, 3.63) is 22.8 Å². The predicted molar refractivity (Wildman–Crippen MR) is 93.1 cm³/mol. The molecule has 23 heavy (non-hydrogen) atoms. The maximum Gasteiger partial charge on any atom is 0.158 e. The Balaban J connectivity index is 1.77. The van der Waals surface area contributed by atoms with Gasteiger partial charge in [0.25, 0.3) is 0 Å². The third-order valence-electron chi connectivity index (χ3n) is 4.74. The molecule has 0 aromatic heterocycles. The Bertz CT molecular complexity index is 559. The van der Waals surface area contributed by atoms with Gasteiger partial charge in [0.1, 0.15) is 5.75 Å². The van der Waals surface area contributed by atoms with Crippen LogP contribution in [0, 0.1) is 6.92 Å². The number of anilines is 1. The van der Waals surface area contributed by atoms with E-state index in [1.807, 2.05) is 6.92 Å². The highest BCUT2D eigenvalue weighted by molar-refractivity contribution is 7.92.